The molecule has 0 saturated carbocycles. The number of benzene rings is 1. The van der Waals surface area contributed by atoms with Gasteiger partial charge in [-0.2, -0.15) is 10.2 Å². The van der Waals surface area contributed by atoms with Gasteiger partial charge in [-0.1, -0.05) is 37.3 Å². The van der Waals surface area contributed by atoms with Crippen LogP contribution in [0, 0.1) is 17.0 Å². The van der Waals surface area contributed by atoms with Crippen LogP contribution in [0.5, 0.6) is 0 Å². The third-order valence-corrected chi connectivity index (χ3v) is 3.67. The molecular weight excluding hydrogens is 310 g/mol. The van der Waals surface area contributed by atoms with Crippen molar-refractivity contribution in [1.82, 2.24) is 15.2 Å². The summed E-state index contributed by atoms with van der Waals surface area (Å²) in [4.78, 5) is 22.6. The maximum atomic E-state index is 12.1. The van der Waals surface area contributed by atoms with Gasteiger partial charge in [-0.15, -0.1) is 0 Å². The largest absolute Gasteiger partial charge is 0.322 e. The van der Waals surface area contributed by atoms with Gasteiger partial charge in [-0.3, -0.25) is 19.6 Å². The number of hydrogen-bond acceptors (Lipinski definition) is 5. The SMILES string of the molecule is Cc1nn(C)c(C(=O)N/N=C\C[C@H](C)c2ccccc2)c1[N+](=O)[O-]. The standard InChI is InChI=1S/C16H19N5O3/c1-11(13-7-5-4-6-8-13)9-10-17-18-16(22)15-14(21(23)24)12(2)19-20(15)3/h4-8,10-11H,9H2,1-3H3,(H,18,22)/b17-10-/t11-/m0/s1. The first-order chi connectivity index (χ1) is 11.4. The zero-order chi connectivity index (χ0) is 17.7. The Morgan fingerprint density at radius 3 is 2.75 bits per heavy atom. The van der Waals surface area contributed by atoms with Crippen LogP contribution < -0.4 is 5.43 Å². The van der Waals surface area contributed by atoms with E-state index >= 15 is 0 Å². The molecule has 1 heterocycles. The second-order valence-electron chi connectivity index (χ2n) is 5.46. The Morgan fingerprint density at radius 1 is 1.46 bits per heavy atom. The minimum absolute atomic E-state index is 0.120. The van der Waals surface area contributed by atoms with Gasteiger partial charge in [-0.25, -0.2) is 5.43 Å². The molecule has 1 amide bonds. The number of carbonyl (C=O) groups excluding carboxylic acids is 1. The highest BCUT2D eigenvalue weighted by Crippen LogP contribution is 2.22. The maximum absolute atomic E-state index is 12.1. The molecule has 1 atom stereocenters. The van der Waals surface area contributed by atoms with Crippen molar-refractivity contribution < 1.29 is 9.72 Å². The van der Waals surface area contributed by atoms with Gasteiger partial charge in [0.05, 0.1) is 4.92 Å². The number of amides is 1. The van der Waals surface area contributed by atoms with Crippen LogP contribution in [0.2, 0.25) is 0 Å². The number of hydrazone groups is 1. The predicted octanol–water partition coefficient (Wildman–Crippen LogP) is 2.55. The van der Waals surface area contributed by atoms with E-state index in [9.17, 15) is 14.9 Å². The van der Waals surface area contributed by atoms with E-state index in [1.54, 1.807) is 6.21 Å². The lowest BCUT2D eigenvalue weighted by molar-refractivity contribution is -0.385. The number of nitro groups is 1. The van der Waals surface area contributed by atoms with Crippen molar-refractivity contribution in [3.05, 3.63) is 57.4 Å². The molecule has 24 heavy (non-hydrogen) atoms. The monoisotopic (exact) mass is 329 g/mol. The van der Waals surface area contributed by atoms with Crippen LogP contribution in [0.15, 0.2) is 35.4 Å². The van der Waals surface area contributed by atoms with E-state index in [0.29, 0.717) is 6.42 Å². The van der Waals surface area contributed by atoms with E-state index in [1.807, 2.05) is 30.3 Å². The number of rotatable bonds is 6. The summed E-state index contributed by atoms with van der Waals surface area (Å²) >= 11 is 0. The number of carbonyl (C=O) groups is 1. The molecule has 1 aromatic heterocycles. The van der Waals surface area contributed by atoms with Crippen LogP contribution in [-0.4, -0.2) is 26.8 Å². The molecular formula is C16H19N5O3. The van der Waals surface area contributed by atoms with E-state index in [1.165, 1.54) is 24.2 Å². The molecule has 0 fully saturated rings. The first-order valence-electron chi connectivity index (χ1n) is 7.46. The van der Waals surface area contributed by atoms with Crippen molar-refractivity contribution in [3.63, 3.8) is 0 Å². The van der Waals surface area contributed by atoms with E-state index in [0.717, 1.165) is 0 Å². The number of nitrogens with one attached hydrogen (secondary N) is 1. The van der Waals surface area contributed by atoms with E-state index in [2.05, 4.69) is 22.5 Å². The van der Waals surface area contributed by atoms with Gasteiger partial charge in [0.25, 0.3) is 5.91 Å². The zero-order valence-electron chi connectivity index (χ0n) is 13.8. The van der Waals surface area contributed by atoms with Crippen molar-refractivity contribution in [3.8, 4) is 0 Å². The molecule has 0 aliphatic heterocycles. The highest BCUT2D eigenvalue weighted by atomic mass is 16.6. The third-order valence-electron chi connectivity index (χ3n) is 3.67. The van der Waals surface area contributed by atoms with Crippen LogP contribution >= 0.6 is 0 Å². The quantitative estimate of drug-likeness (QED) is 0.500. The summed E-state index contributed by atoms with van der Waals surface area (Å²) in [5.74, 6) is -0.409. The smallest absolute Gasteiger partial charge is 0.265 e. The van der Waals surface area contributed by atoms with Crippen LogP contribution in [-0.2, 0) is 7.05 Å². The maximum Gasteiger partial charge on any atom is 0.322 e. The van der Waals surface area contributed by atoms with Gasteiger partial charge in [0.15, 0.2) is 0 Å². The Bertz CT molecular complexity index is 768. The lowest BCUT2D eigenvalue weighted by Crippen LogP contribution is -2.22. The van der Waals surface area contributed by atoms with Crippen molar-refractivity contribution in [2.75, 3.05) is 0 Å². The van der Waals surface area contributed by atoms with Gasteiger partial charge in [0, 0.05) is 13.3 Å². The molecule has 0 saturated heterocycles. The molecule has 0 unspecified atom stereocenters. The van der Waals surface area contributed by atoms with Crippen molar-refractivity contribution >= 4 is 17.8 Å². The summed E-state index contributed by atoms with van der Waals surface area (Å²) in [6.07, 6.45) is 2.22. The first kappa shape index (κ1) is 17.3. The summed E-state index contributed by atoms with van der Waals surface area (Å²) in [7, 11) is 1.48. The van der Waals surface area contributed by atoms with Gasteiger partial charge in [-0.05, 0) is 24.8 Å². The normalized spacial score (nSPS) is 12.3. The van der Waals surface area contributed by atoms with Crippen molar-refractivity contribution in [2.24, 2.45) is 12.1 Å². The Hall–Kier alpha value is -3.03. The second-order valence-corrected chi connectivity index (χ2v) is 5.46. The van der Waals surface area contributed by atoms with E-state index in [4.69, 9.17) is 0 Å². The topological polar surface area (TPSA) is 102 Å². The molecule has 8 nitrogen and oxygen atoms in total. The average molecular weight is 329 g/mol. The first-order valence-corrected chi connectivity index (χ1v) is 7.46. The minimum Gasteiger partial charge on any atom is -0.265 e. The molecule has 2 rings (SSSR count). The molecule has 2 aromatic rings. The molecule has 0 aliphatic rings. The zero-order valence-corrected chi connectivity index (χ0v) is 13.8. The number of aromatic nitrogens is 2. The van der Waals surface area contributed by atoms with Crippen LogP contribution in [0.1, 0.15) is 41.0 Å². The third kappa shape index (κ3) is 3.83. The van der Waals surface area contributed by atoms with E-state index < -0.39 is 10.8 Å². The Balaban J connectivity index is 2.00. The van der Waals surface area contributed by atoms with Crippen molar-refractivity contribution in [2.45, 2.75) is 26.2 Å². The Morgan fingerprint density at radius 2 is 2.12 bits per heavy atom. The van der Waals surface area contributed by atoms with Gasteiger partial charge >= 0.3 is 5.69 Å². The Labute approximate surface area is 139 Å². The molecule has 1 aromatic carbocycles. The summed E-state index contributed by atoms with van der Waals surface area (Å²) in [6, 6.07) is 9.94. The molecule has 0 bridgehead atoms. The molecule has 8 heteroatoms. The fourth-order valence-corrected chi connectivity index (χ4v) is 2.41. The molecule has 1 N–H and O–H groups in total. The second kappa shape index (κ2) is 7.49. The predicted molar refractivity (Wildman–Crippen MR) is 90.0 cm³/mol. The van der Waals surface area contributed by atoms with Crippen LogP contribution in [0.3, 0.4) is 0 Å². The average Bonchev–Trinajstić information content (AvgIpc) is 2.86. The number of aryl methyl sites for hydroxylation is 2. The number of hydrogen-bond donors (Lipinski definition) is 1. The summed E-state index contributed by atoms with van der Waals surface area (Å²) < 4.78 is 1.19. The van der Waals surface area contributed by atoms with Crippen LogP contribution in [0.25, 0.3) is 0 Å². The van der Waals surface area contributed by atoms with Gasteiger partial charge in [0.1, 0.15) is 5.69 Å². The summed E-state index contributed by atoms with van der Waals surface area (Å²) in [5, 5.41) is 18.9. The summed E-state index contributed by atoms with van der Waals surface area (Å²) in [5.41, 5.74) is 3.26. The fourth-order valence-electron chi connectivity index (χ4n) is 2.41. The molecule has 126 valence electrons. The van der Waals surface area contributed by atoms with Crippen molar-refractivity contribution in [1.29, 1.82) is 0 Å². The van der Waals surface area contributed by atoms with Gasteiger partial charge < -0.3 is 0 Å². The Kier molecular flexibility index (Phi) is 5.41. The molecule has 0 radical (unpaired) electrons. The highest BCUT2D eigenvalue weighted by Gasteiger charge is 2.28. The minimum atomic E-state index is -0.659. The molecule has 0 spiro atoms. The van der Waals surface area contributed by atoms with Crippen LogP contribution in [0.4, 0.5) is 5.69 Å². The highest BCUT2D eigenvalue weighted by molar-refractivity contribution is 5.97. The summed E-state index contributed by atoms with van der Waals surface area (Å²) in [6.45, 7) is 3.54. The lowest BCUT2D eigenvalue weighted by atomic mass is 9.99. The lowest BCUT2D eigenvalue weighted by Gasteiger charge is -2.07. The van der Waals surface area contributed by atoms with E-state index in [-0.39, 0.29) is 23.0 Å². The van der Waals surface area contributed by atoms with Gasteiger partial charge in [0.2, 0.25) is 5.69 Å². The fraction of sp³-hybridized carbons (Fsp3) is 0.312. The number of nitrogens with zero attached hydrogens (tertiary/aromatic N) is 4. The molecule has 0 aliphatic carbocycles.